The van der Waals surface area contributed by atoms with Gasteiger partial charge in [-0.3, -0.25) is 0 Å². The number of quaternary nitrogens is 1. The van der Waals surface area contributed by atoms with Crippen LogP contribution in [0.5, 0.6) is 0 Å². The standard InChI is InChI=1S/C5H11NO2.ClHO4/c1-3(2)4(6)5(7)8;2-1(3,4)5/h3-4H,6H2,1-2H3,(H,7,8);(H,2,3,4,5). The maximum atomic E-state index is 10.1. The van der Waals surface area contributed by atoms with Crippen LogP contribution in [0.2, 0.25) is 0 Å². The normalized spacial score (nSPS) is 13.2. The molecule has 1 atom stereocenters. The lowest BCUT2D eigenvalue weighted by Crippen LogP contribution is -2.68. The summed E-state index contributed by atoms with van der Waals surface area (Å²) < 4.78 is 34.0. The van der Waals surface area contributed by atoms with E-state index in [4.69, 9.17) is 23.7 Å². The molecule has 0 aliphatic rings. The Morgan fingerprint density at radius 2 is 1.54 bits per heavy atom. The van der Waals surface area contributed by atoms with Crippen LogP contribution in [0.4, 0.5) is 0 Å². The van der Waals surface area contributed by atoms with E-state index >= 15 is 0 Å². The summed E-state index contributed by atoms with van der Waals surface area (Å²) in [7, 11) is -4.94. The van der Waals surface area contributed by atoms with Crippen LogP contribution in [-0.4, -0.2) is 17.1 Å². The maximum Gasteiger partial charge on any atom is 0.362 e. The van der Waals surface area contributed by atoms with Crippen LogP contribution < -0.4 is 24.4 Å². The highest BCUT2D eigenvalue weighted by molar-refractivity contribution is 5.71. The van der Waals surface area contributed by atoms with Crippen molar-refractivity contribution in [2.24, 2.45) is 5.92 Å². The molecule has 4 N–H and O–H groups in total. The van der Waals surface area contributed by atoms with E-state index in [9.17, 15) is 4.79 Å². The van der Waals surface area contributed by atoms with Gasteiger partial charge >= 0.3 is 5.97 Å². The third kappa shape index (κ3) is 18.5. The topological polar surface area (TPSA) is 157 Å². The van der Waals surface area contributed by atoms with Crippen molar-refractivity contribution in [3.8, 4) is 0 Å². The van der Waals surface area contributed by atoms with Gasteiger partial charge in [0.15, 0.2) is 6.04 Å². The molecule has 0 rings (SSSR count). The Morgan fingerprint density at radius 1 is 1.31 bits per heavy atom. The smallest absolute Gasteiger partial charge is 0.362 e. The average Bonchev–Trinajstić information content (AvgIpc) is 1.81. The summed E-state index contributed by atoms with van der Waals surface area (Å²) in [6.45, 7) is 3.68. The fourth-order valence-electron chi connectivity index (χ4n) is 0.285. The molecule has 0 radical (unpaired) electrons. The van der Waals surface area contributed by atoms with Gasteiger partial charge in [-0.25, -0.2) is 23.4 Å². The van der Waals surface area contributed by atoms with Gasteiger partial charge in [0, 0.05) is 5.92 Å². The van der Waals surface area contributed by atoms with Crippen LogP contribution >= 0.6 is 0 Å². The third-order valence-corrected chi connectivity index (χ3v) is 1.12. The second-order valence-corrected chi connectivity index (χ2v) is 3.32. The van der Waals surface area contributed by atoms with Crippen LogP contribution in [0.3, 0.4) is 0 Å². The third-order valence-electron chi connectivity index (χ3n) is 1.12. The van der Waals surface area contributed by atoms with Gasteiger partial charge < -0.3 is 10.8 Å². The van der Waals surface area contributed by atoms with E-state index in [1.54, 1.807) is 0 Å². The first kappa shape index (κ1) is 15.1. The number of hydrogen-bond acceptors (Lipinski definition) is 5. The molecule has 8 heteroatoms. The minimum Gasteiger partial charge on any atom is -0.477 e. The molecule has 0 aromatic carbocycles. The molecule has 0 aromatic heterocycles. The molecule has 7 nitrogen and oxygen atoms in total. The highest BCUT2D eigenvalue weighted by Crippen LogP contribution is 1.94. The zero-order chi connectivity index (χ0) is 11.2. The highest BCUT2D eigenvalue weighted by Gasteiger charge is 2.18. The predicted octanol–water partition coefficient (Wildman–Crippen LogP) is -5.42. The number of aliphatic carboxylic acids is 1. The Labute approximate surface area is 77.1 Å². The van der Waals surface area contributed by atoms with E-state index in [1.807, 2.05) is 13.8 Å². The molecule has 0 spiro atoms. The summed E-state index contributed by atoms with van der Waals surface area (Å²) in [6.07, 6.45) is 0. The second kappa shape index (κ2) is 6.08. The van der Waals surface area contributed by atoms with Crippen molar-refractivity contribution >= 4 is 5.97 Å². The second-order valence-electron chi connectivity index (χ2n) is 2.57. The number of carbonyl (C=O) groups is 1. The van der Waals surface area contributed by atoms with Crippen LogP contribution in [0.25, 0.3) is 0 Å². The van der Waals surface area contributed by atoms with Crippen molar-refractivity contribution in [3.05, 3.63) is 0 Å². The molecule has 0 aromatic rings. The summed E-state index contributed by atoms with van der Waals surface area (Å²) in [6, 6.07) is -0.463. The highest BCUT2D eigenvalue weighted by atomic mass is 35.7. The Morgan fingerprint density at radius 3 is 1.54 bits per heavy atom. The summed E-state index contributed by atoms with van der Waals surface area (Å²) in [5.41, 5.74) is 3.44. The minimum atomic E-state index is -4.94. The van der Waals surface area contributed by atoms with Crippen LogP contribution in [0.15, 0.2) is 0 Å². The first-order chi connectivity index (χ1) is 5.55. The lowest BCUT2D eigenvalue weighted by molar-refractivity contribution is -2.00. The molecule has 1 unspecified atom stereocenters. The summed E-state index contributed by atoms with van der Waals surface area (Å²) >= 11 is 0. The molecule has 0 bridgehead atoms. The number of rotatable bonds is 2. The fraction of sp³-hybridized carbons (Fsp3) is 0.800. The van der Waals surface area contributed by atoms with Crippen molar-refractivity contribution < 1.29 is 44.5 Å². The van der Waals surface area contributed by atoms with Crippen LogP contribution in [0.1, 0.15) is 13.8 Å². The van der Waals surface area contributed by atoms with E-state index < -0.39 is 22.3 Å². The van der Waals surface area contributed by atoms with Crippen molar-refractivity contribution in [3.63, 3.8) is 0 Å². The van der Waals surface area contributed by atoms with Crippen molar-refractivity contribution in [1.82, 2.24) is 0 Å². The first-order valence-corrected chi connectivity index (χ1v) is 4.46. The number of hydrogen-bond donors (Lipinski definition) is 2. The molecular formula is C5H12ClNO6. The predicted molar refractivity (Wildman–Crippen MR) is 29.1 cm³/mol. The summed E-state index contributed by atoms with van der Waals surface area (Å²) in [4.78, 5) is 10.1. The van der Waals surface area contributed by atoms with Crippen LogP contribution in [0, 0.1) is 16.2 Å². The number of carboxylic acids is 1. The molecule has 0 amide bonds. The molecule has 0 aliphatic carbocycles. The van der Waals surface area contributed by atoms with E-state index in [0.717, 1.165) is 0 Å². The van der Waals surface area contributed by atoms with Gasteiger partial charge in [0.25, 0.3) is 0 Å². The van der Waals surface area contributed by atoms with Crippen molar-refractivity contribution in [2.75, 3.05) is 0 Å². The molecule has 0 fully saturated rings. The number of carboxylic acid groups (broad SMARTS) is 1. The zero-order valence-corrected chi connectivity index (χ0v) is 7.98. The number of halogens is 1. The molecular weight excluding hydrogens is 206 g/mol. The van der Waals surface area contributed by atoms with Crippen LogP contribution in [-0.2, 0) is 4.79 Å². The van der Waals surface area contributed by atoms with Gasteiger partial charge in [-0.1, -0.05) is 13.8 Å². The molecule has 0 saturated carbocycles. The van der Waals surface area contributed by atoms with Gasteiger partial charge in [-0.2, -0.15) is 0 Å². The van der Waals surface area contributed by atoms with Gasteiger partial charge in [0.1, 0.15) is 0 Å². The summed E-state index contributed by atoms with van der Waals surface area (Å²) in [5, 5.41) is 8.29. The molecule has 0 saturated heterocycles. The maximum absolute atomic E-state index is 10.1. The van der Waals surface area contributed by atoms with Gasteiger partial charge in [-0.15, -0.1) is 10.2 Å². The van der Waals surface area contributed by atoms with Crippen molar-refractivity contribution in [1.29, 1.82) is 0 Å². The Hall–Kier alpha value is -0.440. The zero-order valence-electron chi connectivity index (χ0n) is 7.23. The van der Waals surface area contributed by atoms with E-state index in [0.29, 0.717) is 0 Å². The SMILES string of the molecule is CC(C)C([NH3+])C(=O)O.[O-][Cl+3]([O-])([O-])[O-]. The molecule has 0 aliphatic heterocycles. The quantitative estimate of drug-likeness (QED) is 0.470. The lowest BCUT2D eigenvalue weighted by Gasteiger charge is -2.17. The Bertz CT molecular complexity index is 150. The van der Waals surface area contributed by atoms with Gasteiger partial charge in [0.2, 0.25) is 0 Å². The lowest BCUT2D eigenvalue weighted by atomic mass is 10.1. The first-order valence-electron chi connectivity index (χ1n) is 3.23. The van der Waals surface area contributed by atoms with Gasteiger partial charge in [-0.05, 0) is 0 Å². The molecule has 13 heavy (non-hydrogen) atoms. The Kier molecular flexibility index (Phi) is 7.04. The fourth-order valence-corrected chi connectivity index (χ4v) is 0.285. The average molecular weight is 218 g/mol. The molecule has 80 valence electrons. The van der Waals surface area contributed by atoms with Gasteiger partial charge in [0.05, 0.1) is 0 Å². The van der Waals surface area contributed by atoms with E-state index in [-0.39, 0.29) is 5.92 Å². The summed E-state index contributed by atoms with van der Waals surface area (Å²) in [5.74, 6) is -0.687. The minimum absolute atomic E-state index is 0.132. The van der Waals surface area contributed by atoms with E-state index in [1.165, 1.54) is 0 Å². The van der Waals surface area contributed by atoms with Crippen molar-refractivity contribution in [2.45, 2.75) is 19.9 Å². The molecule has 0 heterocycles. The monoisotopic (exact) mass is 217 g/mol. The largest absolute Gasteiger partial charge is 0.477 e. The van der Waals surface area contributed by atoms with E-state index in [2.05, 4.69) is 5.73 Å². The Balaban J connectivity index is 0.